The van der Waals surface area contributed by atoms with Gasteiger partial charge in [0, 0.05) is 25.9 Å². The van der Waals surface area contributed by atoms with Crippen molar-refractivity contribution in [1.29, 1.82) is 0 Å². The molecule has 2 N–H and O–H groups in total. The van der Waals surface area contributed by atoms with Crippen LogP contribution in [0.4, 0.5) is 0 Å². The third-order valence-corrected chi connectivity index (χ3v) is 3.55. The van der Waals surface area contributed by atoms with Crippen molar-refractivity contribution in [1.82, 2.24) is 15.6 Å². The first kappa shape index (κ1) is 13.0. The number of nitrogens with one attached hydrogen (secondary N) is 2. The molecule has 0 aliphatic carbocycles. The van der Waals surface area contributed by atoms with E-state index in [1.807, 2.05) is 11.9 Å². The Balaban J connectivity index is 1.86. The highest BCUT2D eigenvalue weighted by Crippen LogP contribution is 2.17. The molecular weight excluding hydrogens is 232 g/mol. The summed E-state index contributed by atoms with van der Waals surface area (Å²) >= 11 is 0. The minimum absolute atomic E-state index is 0.0158. The molecule has 0 radical (unpaired) electrons. The number of nitrogens with zero attached hydrogens (tertiary/aromatic N) is 2. The van der Waals surface area contributed by atoms with Crippen molar-refractivity contribution in [3.63, 3.8) is 0 Å². The van der Waals surface area contributed by atoms with Gasteiger partial charge in [-0.3, -0.25) is 9.59 Å². The summed E-state index contributed by atoms with van der Waals surface area (Å²) in [4.78, 5) is 25.0. The smallest absolute Gasteiger partial charge is 0.270 e. The summed E-state index contributed by atoms with van der Waals surface area (Å²) < 4.78 is 0. The minimum Gasteiger partial charge on any atom is -0.338 e. The number of likely N-dealkylation sites (tertiary alicyclic amines) is 1. The van der Waals surface area contributed by atoms with Crippen LogP contribution in [0.3, 0.4) is 0 Å². The summed E-state index contributed by atoms with van der Waals surface area (Å²) in [7, 11) is 1.96. The van der Waals surface area contributed by atoms with Gasteiger partial charge in [-0.15, -0.1) is 0 Å². The number of carbonyl (C=O) groups excluding carboxylic acids is 2. The lowest BCUT2D eigenvalue weighted by Gasteiger charge is -2.32. The first-order valence-corrected chi connectivity index (χ1v) is 6.50. The molecule has 6 nitrogen and oxygen atoms in total. The third kappa shape index (κ3) is 3.07. The molecule has 1 saturated heterocycles. The van der Waals surface area contributed by atoms with Gasteiger partial charge < -0.3 is 10.2 Å². The Morgan fingerprint density at radius 2 is 2.17 bits per heavy atom. The summed E-state index contributed by atoms with van der Waals surface area (Å²) in [6, 6.07) is 0. The van der Waals surface area contributed by atoms with Gasteiger partial charge in [-0.2, -0.15) is 5.10 Å². The van der Waals surface area contributed by atoms with Crippen LogP contribution >= 0.6 is 0 Å². The zero-order valence-electron chi connectivity index (χ0n) is 10.7. The average molecular weight is 252 g/mol. The van der Waals surface area contributed by atoms with E-state index in [1.165, 1.54) is 0 Å². The van der Waals surface area contributed by atoms with E-state index in [2.05, 4.69) is 15.8 Å². The quantitative estimate of drug-likeness (QED) is 0.725. The van der Waals surface area contributed by atoms with E-state index in [9.17, 15) is 9.59 Å². The average Bonchev–Trinajstić information content (AvgIpc) is 2.40. The van der Waals surface area contributed by atoms with Crippen molar-refractivity contribution in [2.45, 2.75) is 25.7 Å². The highest BCUT2D eigenvalue weighted by Gasteiger charge is 2.27. The van der Waals surface area contributed by atoms with Gasteiger partial charge in [0.2, 0.25) is 5.91 Å². The second-order valence-corrected chi connectivity index (χ2v) is 4.89. The Labute approximate surface area is 107 Å². The lowest BCUT2D eigenvalue weighted by atomic mass is 9.96. The van der Waals surface area contributed by atoms with Crippen molar-refractivity contribution in [2.75, 3.05) is 26.7 Å². The summed E-state index contributed by atoms with van der Waals surface area (Å²) in [5, 5.41) is 7.03. The predicted octanol–water partition coefficient (Wildman–Crippen LogP) is -0.290. The highest BCUT2D eigenvalue weighted by molar-refractivity contribution is 6.39. The zero-order chi connectivity index (χ0) is 13.0. The Morgan fingerprint density at radius 3 is 2.72 bits per heavy atom. The molecule has 0 unspecified atom stereocenters. The molecule has 2 heterocycles. The maximum Gasteiger partial charge on any atom is 0.270 e. The largest absolute Gasteiger partial charge is 0.338 e. The van der Waals surface area contributed by atoms with Gasteiger partial charge in [-0.05, 0) is 32.4 Å². The van der Waals surface area contributed by atoms with E-state index >= 15 is 0 Å². The maximum absolute atomic E-state index is 12.2. The summed E-state index contributed by atoms with van der Waals surface area (Å²) in [5.74, 6) is 0.532. The summed E-state index contributed by atoms with van der Waals surface area (Å²) in [6.45, 7) is 2.59. The van der Waals surface area contributed by atoms with Gasteiger partial charge in [-0.1, -0.05) is 0 Å². The molecular formula is C12H20N4O2. The van der Waals surface area contributed by atoms with Crippen molar-refractivity contribution < 1.29 is 9.59 Å². The molecule has 0 atom stereocenters. The van der Waals surface area contributed by atoms with Crippen LogP contribution in [0.1, 0.15) is 25.7 Å². The fraction of sp³-hybridized carbons (Fsp3) is 0.750. The molecule has 0 spiro atoms. The van der Waals surface area contributed by atoms with Crippen molar-refractivity contribution in [3.8, 4) is 0 Å². The molecule has 0 bridgehead atoms. The Kier molecular flexibility index (Phi) is 4.30. The van der Waals surface area contributed by atoms with Crippen LogP contribution in [0.5, 0.6) is 0 Å². The Morgan fingerprint density at radius 1 is 1.44 bits per heavy atom. The topological polar surface area (TPSA) is 73.8 Å². The number of hydrogen-bond acceptors (Lipinski definition) is 4. The van der Waals surface area contributed by atoms with E-state index < -0.39 is 0 Å². The standard InChI is InChI=1S/C12H20N4O2/c1-13-8-9-4-6-16(7-5-9)12(18)10-2-3-11(17)15-14-10/h9,13H,2-8H2,1H3,(H,15,17). The SMILES string of the molecule is CNCC1CCN(C(=O)C2=NNC(=O)CC2)CC1. The molecule has 18 heavy (non-hydrogen) atoms. The number of piperidine rings is 1. The van der Waals surface area contributed by atoms with Gasteiger partial charge in [-0.25, -0.2) is 5.43 Å². The monoisotopic (exact) mass is 252 g/mol. The van der Waals surface area contributed by atoms with Gasteiger partial charge in [0.05, 0.1) is 0 Å². The van der Waals surface area contributed by atoms with Crippen molar-refractivity contribution >= 4 is 17.5 Å². The minimum atomic E-state index is -0.112. The van der Waals surface area contributed by atoms with Crippen LogP contribution in [0, 0.1) is 5.92 Å². The van der Waals surface area contributed by atoms with Crippen LogP contribution < -0.4 is 10.7 Å². The van der Waals surface area contributed by atoms with Crippen LogP contribution in [0.2, 0.25) is 0 Å². The molecule has 2 aliphatic rings. The summed E-state index contributed by atoms with van der Waals surface area (Å²) in [6.07, 6.45) is 2.89. The molecule has 100 valence electrons. The lowest BCUT2D eigenvalue weighted by Crippen LogP contribution is -2.45. The molecule has 6 heteroatoms. The lowest BCUT2D eigenvalue weighted by molar-refractivity contribution is -0.125. The van der Waals surface area contributed by atoms with E-state index in [0.29, 0.717) is 24.5 Å². The van der Waals surface area contributed by atoms with Crippen molar-refractivity contribution in [3.05, 3.63) is 0 Å². The van der Waals surface area contributed by atoms with Crippen LogP contribution in [0.15, 0.2) is 5.10 Å². The molecule has 2 aliphatic heterocycles. The normalized spacial score (nSPS) is 21.5. The molecule has 0 aromatic carbocycles. The number of hydrazone groups is 1. The molecule has 1 fully saturated rings. The molecule has 0 aromatic rings. The molecule has 2 amide bonds. The molecule has 0 saturated carbocycles. The van der Waals surface area contributed by atoms with E-state index in [4.69, 9.17) is 0 Å². The summed E-state index contributed by atoms with van der Waals surface area (Å²) in [5.41, 5.74) is 2.86. The fourth-order valence-corrected chi connectivity index (χ4v) is 2.44. The second-order valence-electron chi connectivity index (χ2n) is 4.89. The van der Waals surface area contributed by atoms with Gasteiger partial charge in [0.15, 0.2) is 0 Å². The third-order valence-electron chi connectivity index (χ3n) is 3.55. The first-order valence-electron chi connectivity index (χ1n) is 6.50. The Bertz CT molecular complexity index is 359. The van der Waals surface area contributed by atoms with E-state index in [1.54, 1.807) is 0 Å². The van der Waals surface area contributed by atoms with Crippen LogP contribution in [-0.2, 0) is 9.59 Å². The maximum atomic E-state index is 12.2. The van der Waals surface area contributed by atoms with Gasteiger partial charge in [0.1, 0.15) is 5.71 Å². The molecule has 2 rings (SSSR count). The van der Waals surface area contributed by atoms with Crippen molar-refractivity contribution in [2.24, 2.45) is 11.0 Å². The predicted molar refractivity (Wildman–Crippen MR) is 68.0 cm³/mol. The van der Waals surface area contributed by atoms with E-state index in [-0.39, 0.29) is 11.8 Å². The number of hydrogen-bond donors (Lipinski definition) is 2. The van der Waals surface area contributed by atoms with Gasteiger partial charge in [0.25, 0.3) is 5.91 Å². The van der Waals surface area contributed by atoms with Crippen LogP contribution in [-0.4, -0.2) is 49.1 Å². The van der Waals surface area contributed by atoms with E-state index in [0.717, 1.165) is 32.5 Å². The number of rotatable bonds is 3. The Hall–Kier alpha value is -1.43. The fourth-order valence-electron chi connectivity index (χ4n) is 2.44. The van der Waals surface area contributed by atoms with Gasteiger partial charge >= 0.3 is 0 Å². The second kappa shape index (κ2) is 5.95. The number of amides is 2. The zero-order valence-corrected chi connectivity index (χ0v) is 10.7. The highest BCUT2D eigenvalue weighted by atomic mass is 16.2. The molecule has 0 aromatic heterocycles. The number of carbonyl (C=O) groups is 2. The van der Waals surface area contributed by atoms with Crippen LogP contribution in [0.25, 0.3) is 0 Å². The first-order chi connectivity index (χ1) is 8.70.